The van der Waals surface area contributed by atoms with Gasteiger partial charge in [-0.15, -0.1) is 14.0 Å². The molecule has 0 aliphatic rings. The highest BCUT2D eigenvalue weighted by molar-refractivity contribution is 7.85. The van der Waals surface area contributed by atoms with Gasteiger partial charge in [0.15, 0.2) is 0 Å². The highest BCUT2D eigenvalue weighted by Crippen LogP contribution is 2.67. The number of carbonyl (C=O) groups is 1. The summed E-state index contributed by atoms with van der Waals surface area (Å²) >= 11 is 0. The highest BCUT2D eigenvalue weighted by Gasteiger charge is 2.59. The quantitative estimate of drug-likeness (QED) is 0.431. The van der Waals surface area contributed by atoms with Crippen molar-refractivity contribution in [2.24, 2.45) is 0 Å². The maximum Gasteiger partial charge on any atom is 0.344 e. The summed E-state index contributed by atoms with van der Waals surface area (Å²) in [4.78, 5) is 12.9. The lowest BCUT2D eigenvalue weighted by molar-refractivity contribution is -0.109. The number of carbonyl (C=O) groups excluding carboxylic acids is 1. The van der Waals surface area contributed by atoms with Crippen LogP contribution in [-0.2, 0) is 4.79 Å². The summed E-state index contributed by atoms with van der Waals surface area (Å²) < 4.78 is 7.07. The Hall–Kier alpha value is -0.280. The molecular weight excluding hydrogens is 269 g/mol. The second-order valence-corrected chi connectivity index (χ2v) is 7.80. The first kappa shape index (κ1) is 19.7. The van der Waals surface area contributed by atoms with Crippen molar-refractivity contribution in [3.8, 4) is 0 Å². The normalized spacial score (nSPS) is 12.4. The molecule has 118 valence electrons. The van der Waals surface area contributed by atoms with Crippen LogP contribution in [0.25, 0.3) is 0 Å². The molecular formula is C15H33N3OP+. The molecule has 0 saturated carbocycles. The van der Waals surface area contributed by atoms with E-state index in [0.717, 1.165) is 39.3 Å². The average Bonchev–Trinajstić information content (AvgIpc) is 2.48. The highest BCUT2D eigenvalue weighted by atomic mass is 31.2. The monoisotopic (exact) mass is 302 g/mol. The zero-order valence-corrected chi connectivity index (χ0v) is 15.1. The fourth-order valence-electron chi connectivity index (χ4n) is 2.93. The van der Waals surface area contributed by atoms with Crippen molar-refractivity contribution in [3.63, 3.8) is 0 Å². The first-order valence-corrected chi connectivity index (χ1v) is 9.51. The van der Waals surface area contributed by atoms with Crippen molar-refractivity contribution in [2.45, 2.75) is 41.5 Å². The summed E-state index contributed by atoms with van der Waals surface area (Å²) in [5.74, 6) is 0. The first-order chi connectivity index (χ1) is 9.54. The summed E-state index contributed by atoms with van der Waals surface area (Å²) in [7, 11) is -2.17. The third-order valence-corrected chi connectivity index (χ3v) is 8.68. The van der Waals surface area contributed by atoms with Gasteiger partial charge in [0.1, 0.15) is 0 Å². The Morgan fingerprint density at radius 3 is 1.20 bits per heavy atom. The van der Waals surface area contributed by atoms with E-state index in [1.807, 2.05) is 0 Å². The van der Waals surface area contributed by atoms with Gasteiger partial charge in [0.25, 0.3) is 0 Å². The van der Waals surface area contributed by atoms with Gasteiger partial charge in [-0.25, -0.2) is 4.79 Å². The fraction of sp³-hybridized carbons (Fsp3) is 0.800. The molecule has 0 fully saturated rings. The summed E-state index contributed by atoms with van der Waals surface area (Å²) in [5, 5.41) is 0. The van der Waals surface area contributed by atoms with Crippen LogP contribution in [0.3, 0.4) is 0 Å². The maximum atomic E-state index is 12.9. The summed E-state index contributed by atoms with van der Waals surface area (Å²) in [6.07, 6.45) is 1.53. The van der Waals surface area contributed by atoms with Gasteiger partial charge >= 0.3 is 13.2 Å². The zero-order valence-electron chi connectivity index (χ0n) is 14.2. The van der Waals surface area contributed by atoms with Gasteiger partial charge in [-0.1, -0.05) is 6.58 Å². The minimum atomic E-state index is -2.17. The Morgan fingerprint density at radius 2 is 1.05 bits per heavy atom. The lowest BCUT2D eigenvalue weighted by Crippen LogP contribution is -2.48. The minimum absolute atomic E-state index is 0.189. The van der Waals surface area contributed by atoms with Crippen molar-refractivity contribution in [1.82, 2.24) is 14.0 Å². The molecule has 0 rings (SSSR count). The van der Waals surface area contributed by atoms with E-state index in [0.29, 0.717) is 0 Å². The minimum Gasteiger partial charge on any atom is -0.242 e. The number of hydrogen-bond acceptors (Lipinski definition) is 4. The van der Waals surface area contributed by atoms with Gasteiger partial charge in [0.05, 0.1) is 0 Å². The topological polar surface area (TPSA) is 26.8 Å². The molecule has 0 heterocycles. The van der Waals surface area contributed by atoms with Crippen LogP contribution in [0.5, 0.6) is 0 Å². The van der Waals surface area contributed by atoms with Crippen LogP contribution < -0.4 is 0 Å². The average molecular weight is 302 g/mol. The van der Waals surface area contributed by atoms with Crippen molar-refractivity contribution < 1.29 is 4.79 Å². The van der Waals surface area contributed by atoms with E-state index in [2.05, 4.69) is 62.1 Å². The van der Waals surface area contributed by atoms with E-state index >= 15 is 0 Å². The largest absolute Gasteiger partial charge is 0.344 e. The van der Waals surface area contributed by atoms with Gasteiger partial charge in [-0.2, -0.15) is 0 Å². The van der Waals surface area contributed by atoms with E-state index < -0.39 is 7.71 Å². The molecule has 0 aliphatic heterocycles. The van der Waals surface area contributed by atoms with Gasteiger partial charge in [0.2, 0.25) is 0 Å². The zero-order chi connectivity index (χ0) is 15.8. The Labute approximate surface area is 126 Å². The molecule has 0 aromatic heterocycles. The van der Waals surface area contributed by atoms with Crippen LogP contribution in [-0.4, -0.2) is 58.8 Å². The van der Waals surface area contributed by atoms with Crippen LogP contribution in [0, 0.1) is 0 Å². The van der Waals surface area contributed by atoms with Crippen molar-refractivity contribution in [3.05, 3.63) is 12.7 Å². The molecule has 0 saturated heterocycles. The Kier molecular flexibility index (Phi) is 9.48. The Morgan fingerprint density at radius 1 is 0.800 bits per heavy atom. The molecule has 0 N–H and O–H groups in total. The smallest absolute Gasteiger partial charge is 0.242 e. The third-order valence-electron chi connectivity index (χ3n) is 3.84. The molecule has 0 bridgehead atoms. The number of allylic oxidation sites excluding steroid dienone is 1. The number of rotatable bonds is 11. The maximum absolute atomic E-state index is 12.9. The molecule has 0 aromatic carbocycles. The van der Waals surface area contributed by atoms with Gasteiger partial charge in [0, 0.05) is 45.3 Å². The molecule has 0 radical (unpaired) electrons. The first-order valence-electron chi connectivity index (χ1n) is 7.86. The van der Waals surface area contributed by atoms with Gasteiger partial charge in [-0.05, 0) is 41.5 Å². The molecule has 0 spiro atoms. The molecule has 20 heavy (non-hydrogen) atoms. The van der Waals surface area contributed by atoms with Gasteiger partial charge in [-0.3, -0.25) is 0 Å². The molecule has 5 heteroatoms. The van der Waals surface area contributed by atoms with Crippen molar-refractivity contribution >= 4 is 13.2 Å². The lowest BCUT2D eigenvalue weighted by atomic mass is 10.6. The SMILES string of the molecule is C=CC(=O)[P+](N(CC)CC)(N(CC)CC)N(CC)CC. The van der Waals surface area contributed by atoms with Crippen molar-refractivity contribution in [1.29, 1.82) is 0 Å². The van der Waals surface area contributed by atoms with Crippen LogP contribution in [0.1, 0.15) is 41.5 Å². The number of nitrogens with zero attached hydrogens (tertiary/aromatic N) is 3. The van der Waals surface area contributed by atoms with Crippen LogP contribution in [0.4, 0.5) is 0 Å². The fourth-order valence-corrected chi connectivity index (χ4v) is 7.45. The summed E-state index contributed by atoms with van der Waals surface area (Å²) in [6.45, 7) is 21.9. The van der Waals surface area contributed by atoms with Gasteiger partial charge < -0.3 is 0 Å². The van der Waals surface area contributed by atoms with Crippen LogP contribution in [0.2, 0.25) is 0 Å². The molecule has 0 aliphatic carbocycles. The van der Waals surface area contributed by atoms with E-state index in [9.17, 15) is 4.79 Å². The van der Waals surface area contributed by atoms with Crippen molar-refractivity contribution in [2.75, 3.05) is 39.3 Å². The Balaban J connectivity index is 6.13. The standard InChI is InChI=1S/C15H33N3OP/c1-8-15(19)20(16(9-2)10-3,17(11-4)12-5)18(13-6)14-7/h8H,1,9-14H2,2-7H3/q+1. The lowest BCUT2D eigenvalue weighted by Gasteiger charge is -2.44. The predicted molar refractivity (Wildman–Crippen MR) is 90.9 cm³/mol. The third kappa shape index (κ3) is 3.48. The van der Waals surface area contributed by atoms with Crippen LogP contribution >= 0.6 is 7.71 Å². The van der Waals surface area contributed by atoms with E-state index in [-0.39, 0.29) is 5.52 Å². The van der Waals surface area contributed by atoms with E-state index in [4.69, 9.17) is 0 Å². The molecule has 0 amide bonds. The summed E-state index contributed by atoms with van der Waals surface area (Å²) in [6, 6.07) is 0. The predicted octanol–water partition coefficient (Wildman–Crippen LogP) is 3.49. The molecule has 0 unspecified atom stereocenters. The Bertz CT molecular complexity index is 266. The van der Waals surface area contributed by atoms with E-state index in [1.54, 1.807) is 0 Å². The van der Waals surface area contributed by atoms with E-state index in [1.165, 1.54) is 6.08 Å². The molecule has 0 atom stereocenters. The molecule has 0 aromatic rings. The second-order valence-electron chi connectivity index (χ2n) is 4.53. The van der Waals surface area contributed by atoms with Crippen LogP contribution in [0.15, 0.2) is 12.7 Å². The summed E-state index contributed by atoms with van der Waals surface area (Å²) in [5.41, 5.74) is 0.189. The number of hydrogen-bond donors (Lipinski definition) is 0. The molecule has 4 nitrogen and oxygen atoms in total. The second kappa shape index (κ2) is 9.62.